The number of carbonyl (C=O) groups excluding carboxylic acids is 1. The van der Waals surface area contributed by atoms with E-state index in [1.807, 2.05) is 29.2 Å². The highest BCUT2D eigenvalue weighted by Crippen LogP contribution is 2.34. The van der Waals surface area contributed by atoms with Crippen LogP contribution in [-0.2, 0) is 4.79 Å². The second kappa shape index (κ2) is 6.09. The van der Waals surface area contributed by atoms with Crippen molar-refractivity contribution < 1.29 is 4.79 Å². The molecule has 1 aromatic rings. The zero-order valence-corrected chi connectivity index (χ0v) is 11.9. The molecule has 2 unspecified atom stereocenters. The van der Waals surface area contributed by atoms with E-state index in [4.69, 9.17) is 5.73 Å². The van der Waals surface area contributed by atoms with Gasteiger partial charge in [0.15, 0.2) is 0 Å². The topological polar surface area (TPSA) is 46.3 Å². The lowest BCUT2D eigenvalue weighted by Crippen LogP contribution is -2.37. The van der Waals surface area contributed by atoms with Crippen LogP contribution in [0.4, 0.5) is 11.4 Å². The fourth-order valence-electron chi connectivity index (χ4n) is 3.00. The largest absolute Gasteiger partial charge is 0.399 e. The average molecular weight is 260 g/mol. The molecule has 1 fully saturated rings. The quantitative estimate of drug-likeness (QED) is 0.843. The Morgan fingerprint density at radius 1 is 1.42 bits per heavy atom. The van der Waals surface area contributed by atoms with Crippen molar-refractivity contribution in [1.29, 1.82) is 0 Å². The fourth-order valence-corrected chi connectivity index (χ4v) is 3.00. The maximum Gasteiger partial charge on any atom is 0.230 e. The molecule has 0 bridgehead atoms. The first-order valence-corrected chi connectivity index (χ1v) is 7.30. The van der Waals surface area contributed by atoms with Crippen LogP contribution in [0.25, 0.3) is 0 Å². The smallest absolute Gasteiger partial charge is 0.230 e. The van der Waals surface area contributed by atoms with Gasteiger partial charge < -0.3 is 10.6 Å². The number of nitrogens with two attached hydrogens (primary N) is 1. The average Bonchev–Trinajstić information content (AvgIpc) is 2.81. The van der Waals surface area contributed by atoms with Crippen LogP contribution < -0.4 is 10.6 Å². The highest BCUT2D eigenvalue weighted by atomic mass is 16.2. The maximum absolute atomic E-state index is 12.7. The minimum Gasteiger partial charge on any atom is -0.399 e. The van der Waals surface area contributed by atoms with Crippen molar-refractivity contribution in [2.24, 2.45) is 11.8 Å². The van der Waals surface area contributed by atoms with Crippen molar-refractivity contribution in [2.75, 3.05) is 17.2 Å². The molecular weight excluding hydrogens is 236 g/mol. The lowest BCUT2D eigenvalue weighted by Gasteiger charge is -2.27. The summed E-state index contributed by atoms with van der Waals surface area (Å²) in [6.45, 7) is 5.06. The van der Waals surface area contributed by atoms with Crippen LogP contribution in [0.1, 0.15) is 39.5 Å². The predicted octanol–water partition coefficient (Wildman–Crippen LogP) is 3.45. The van der Waals surface area contributed by atoms with Gasteiger partial charge in [0.25, 0.3) is 0 Å². The standard InChI is InChI=1S/C16H24N2O/c1-3-10-18(14-8-5-7-13(17)11-14)16(19)15-9-4-6-12(15)2/h5,7-8,11-12,15H,3-4,6,9-10,17H2,1-2H3. The lowest BCUT2D eigenvalue weighted by molar-refractivity contribution is -0.123. The van der Waals surface area contributed by atoms with E-state index in [1.54, 1.807) is 0 Å². The number of hydrogen-bond donors (Lipinski definition) is 1. The molecule has 3 nitrogen and oxygen atoms in total. The van der Waals surface area contributed by atoms with Crippen LogP contribution in [-0.4, -0.2) is 12.5 Å². The molecular formula is C16H24N2O. The highest BCUT2D eigenvalue weighted by molar-refractivity contribution is 5.95. The molecule has 0 aromatic heterocycles. The number of nitrogen functional groups attached to an aromatic ring is 1. The molecule has 1 aliphatic rings. The van der Waals surface area contributed by atoms with Gasteiger partial charge in [-0.1, -0.05) is 26.3 Å². The summed E-state index contributed by atoms with van der Waals surface area (Å²) in [6.07, 6.45) is 4.34. The van der Waals surface area contributed by atoms with Crippen molar-refractivity contribution >= 4 is 17.3 Å². The Balaban J connectivity index is 2.22. The number of benzene rings is 1. The number of hydrogen-bond acceptors (Lipinski definition) is 2. The van der Waals surface area contributed by atoms with Crippen LogP contribution in [0.3, 0.4) is 0 Å². The van der Waals surface area contributed by atoms with Crippen molar-refractivity contribution in [3.63, 3.8) is 0 Å². The summed E-state index contributed by atoms with van der Waals surface area (Å²) in [5.41, 5.74) is 7.49. The van der Waals surface area contributed by atoms with E-state index in [2.05, 4.69) is 13.8 Å². The zero-order valence-electron chi connectivity index (χ0n) is 11.9. The fraction of sp³-hybridized carbons (Fsp3) is 0.562. The molecule has 104 valence electrons. The summed E-state index contributed by atoms with van der Waals surface area (Å²) >= 11 is 0. The minimum absolute atomic E-state index is 0.188. The van der Waals surface area contributed by atoms with E-state index in [9.17, 15) is 4.79 Å². The third kappa shape index (κ3) is 3.09. The number of anilines is 2. The van der Waals surface area contributed by atoms with Crippen molar-refractivity contribution in [1.82, 2.24) is 0 Å². The summed E-state index contributed by atoms with van der Waals surface area (Å²) in [5.74, 6) is 0.971. The maximum atomic E-state index is 12.7. The van der Waals surface area contributed by atoms with E-state index in [0.29, 0.717) is 11.6 Å². The molecule has 0 aliphatic heterocycles. The Labute approximate surface area is 115 Å². The molecule has 3 heteroatoms. The summed E-state index contributed by atoms with van der Waals surface area (Å²) in [4.78, 5) is 14.7. The van der Waals surface area contributed by atoms with Gasteiger partial charge in [-0.3, -0.25) is 4.79 Å². The van der Waals surface area contributed by atoms with E-state index in [1.165, 1.54) is 12.8 Å². The first kappa shape index (κ1) is 13.9. The Hall–Kier alpha value is -1.51. The van der Waals surface area contributed by atoms with Crippen LogP contribution in [0, 0.1) is 11.8 Å². The second-order valence-electron chi connectivity index (χ2n) is 5.60. The highest BCUT2D eigenvalue weighted by Gasteiger charge is 2.33. The van der Waals surface area contributed by atoms with E-state index in [0.717, 1.165) is 25.1 Å². The molecule has 0 radical (unpaired) electrons. The first-order valence-electron chi connectivity index (χ1n) is 7.30. The Morgan fingerprint density at radius 3 is 2.79 bits per heavy atom. The third-order valence-electron chi connectivity index (χ3n) is 4.07. The molecule has 2 atom stereocenters. The molecule has 19 heavy (non-hydrogen) atoms. The Bertz CT molecular complexity index is 444. The van der Waals surface area contributed by atoms with Crippen LogP contribution in [0.15, 0.2) is 24.3 Å². The SMILES string of the molecule is CCCN(C(=O)C1CCCC1C)c1cccc(N)c1. The minimum atomic E-state index is 0.188. The molecule has 0 saturated heterocycles. The number of amides is 1. The summed E-state index contributed by atoms with van der Waals surface area (Å²) < 4.78 is 0. The van der Waals surface area contributed by atoms with Crippen molar-refractivity contribution in [3.8, 4) is 0 Å². The molecule has 1 amide bonds. The number of carbonyl (C=O) groups is 1. The van der Waals surface area contributed by atoms with Gasteiger partial charge in [-0.2, -0.15) is 0 Å². The first-order chi connectivity index (χ1) is 9.13. The van der Waals surface area contributed by atoms with Gasteiger partial charge in [0.05, 0.1) is 0 Å². The van der Waals surface area contributed by atoms with E-state index >= 15 is 0 Å². The molecule has 2 N–H and O–H groups in total. The van der Waals surface area contributed by atoms with Crippen molar-refractivity contribution in [3.05, 3.63) is 24.3 Å². The van der Waals surface area contributed by atoms with Gasteiger partial charge in [-0.15, -0.1) is 0 Å². The van der Waals surface area contributed by atoms with Crippen LogP contribution >= 0.6 is 0 Å². The summed E-state index contributed by atoms with van der Waals surface area (Å²) in [5, 5.41) is 0. The Morgan fingerprint density at radius 2 is 2.21 bits per heavy atom. The monoisotopic (exact) mass is 260 g/mol. The van der Waals surface area contributed by atoms with Gasteiger partial charge in [0.1, 0.15) is 0 Å². The molecule has 0 heterocycles. The third-order valence-corrected chi connectivity index (χ3v) is 4.07. The zero-order chi connectivity index (χ0) is 13.8. The van der Waals surface area contributed by atoms with Gasteiger partial charge >= 0.3 is 0 Å². The molecule has 2 rings (SSSR count). The Kier molecular flexibility index (Phi) is 4.46. The number of nitrogens with zero attached hydrogens (tertiary/aromatic N) is 1. The summed E-state index contributed by atoms with van der Waals surface area (Å²) in [7, 11) is 0. The second-order valence-corrected chi connectivity index (χ2v) is 5.60. The van der Waals surface area contributed by atoms with Gasteiger partial charge in [-0.05, 0) is 43.4 Å². The van der Waals surface area contributed by atoms with E-state index < -0.39 is 0 Å². The van der Waals surface area contributed by atoms with Gasteiger partial charge in [0, 0.05) is 23.8 Å². The molecule has 0 spiro atoms. The normalized spacial score (nSPS) is 22.4. The van der Waals surface area contributed by atoms with Crippen molar-refractivity contribution in [2.45, 2.75) is 39.5 Å². The van der Waals surface area contributed by atoms with Crippen LogP contribution in [0.5, 0.6) is 0 Å². The number of rotatable bonds is 4. The molecule has 1 saturated carbocycles. The predicted molar refractivity (Wildman–Crippen MR) is 80.0 cm³/mol. The van der Waals surface area contributed by atoms with Crippen LogP contribution in [0.2, 0.25) is 0 Å². The van der Waals surface area contributed by atoms with E-state index in [-0.39, 0.29) is 11.8 Å². The lowest BCUT2D eigenvalue weighted by atomic mass is 9.96. The molecule has 1 aliphatic carbocycles. The molecule has 1 aromatic carbocycles. The van der Waals surface area contributed by atoms with Gasteiger partial charge in [-0.25, -0.2) is 0 Å². The van der Waals surface area contributed by atoms with Gasteiger partial charge in [0.2, 0.25) is 5.91 Å². The summed E-state index contributed by atoms with van der Waals surface area (Å²) in [6, 6.07) is 7.64.